The maximum Gasteiger partial charge on any atom is 0.311 e. The van der Waals surface area contributed by atoms with Gasteiger partial charge in [0.1, 0.15) is 0 Å². The van der Waals surface area contributed by atoms with Crippen LogP contribution in [-0.4, -0.2) is 40.9 Å². The number of anilines is 1. The Labute approximate surface area is 126 Å². The highest BCUT2D eigenvalue weighted by atomic mass is 32.1. The summed E-state index contributed by atoms with van der Waals surface area (Å²) in [7, 11) is 0. The summed E-state index contributed by atoms with van der Waals surface area (Å²) in [5.41, 5.74) is -0.883. The third-order valence-electron chi connectivity index (χ3n) is 3.62. The van der Waals surface area contributed by atoms with E-state index in [1.54, 1.807) is 24.0 Å². The average Bonchev–Trinajstić information content (AvgIpc) is 2.85. The number of carbonyl (C=O) groups is 3. The van der Waals surface area contributed by atoms with Crippen LogP contribution in [0.3, 0.4) is 0 Å². The molecule has 21 heavy (non-hydrogen) atoms. The van der Waals surface area contributed by atoms with Crippen molar-refractivity contribution in [1.29, 1.82) is 0 Å². The molecule has 1 aliphatic rings. The van der Waals surface area contributed by atoms with Crippen molar-refractivity contribution in [3.05, 3.63) is 17.0 Å². The number of amides is 2. The third-order valence-corrected chi connectivity index (χ3v) is 4.60. The van der Waals surface area contributed by atoms with Gasteiger partial charge in [-0.3, -0.25) is 14.4 Å². The number of carboxylic acid groups (broad SMARTS) is 1. The first-order valence-corrected chi connectivity index (χ1v) is 7.53. The lowest BCUT2D eigenvalue weighted by Crippen LogP contribution is -2.48. The Kier molecular flexibility index (Phi) is 4.32. The molecule has 2 rings (SSSR count). The Bertz CT molecular complexity index is 583. The van der Waals surface area contributed by atoms with Crippen LogP contribution in [0.4, 0.5) is 5.00 Å². The zero-order chi connectivity index (χ0) is 15.6. The Morgan fingerprint density at radius 1 is 1.38 bits per heavy atom. The second kappa shape index (κ2) is 5.85. The van der Waals surface area contributed by atoms with Gasteiger partial charge in [-0.15, -0.1) is 11.3 Å². The number of aliphatic carboxylic acids is 1. The summed E-state index contributed by atoms with van der Waals surface area (Å²) in [6, 6.07) is 3.34. The van der Waals surface area contributed by atoms with Crippen molar-refractivity contribution in [1.82, 2.24) is 4.90 Å². The molecule has 2 N–H and O–H groups in total. The van der Waals surface area contributed by atoms with Gasteiger partial charge >= 0.3 is 5.97 Å². The number of rotatable bonds is 3. The summed E-state index contributed by atoms with van der Waals surface area (Å²) >= 11 is 1.20. The average molecular weight is 310 g/mol. The number of nitrogens with zero attached hydrogens (tertiary/aromatic N) is 1. The van der Waals surface area contributed by atoms with Crippen molar-refractivity contribution < 1.29 is 19.5 Å². The van der Waals surface area contributed by atoms with Crippen LogP contribution >= 0.6 is 11.3 Å². The highest BCUT2D eigenvalue weighted by Gasteiger charge is 2.39. The number of thiophene rings is 1. The van der Waals surface area contributed by atoms with Crippen LogP contribution in [0.5, 0.6) is 0 Å². The standard InChI is InChI=1S/C14H18N2O4S/c1-9(17)15-11-5-4-10(21-11)12(18)16-7-3-6-14(2,8-16)13(19)20/h4-5H,3,6-8H2,1-2H3,(H,15,17)(H,19,20). The summed E-state index contributed by atoms with van der Waals surface area (Å²) < 4.78 is 0. The zero-order valence-electron chi connectivity index (χ0n) is 12.0. The van der Waals surface area contributed by atoms with E-state index in [4.69, 9.17) is 0 Å². The molecule has 1 fully saturated rings. The van der Waals surface area contributed by atoms with Gasteiger partial charge in [0.25, 0.3) is 5.91 Å². The molecule has 0 bridgehead atoms. The van der Waals surface area contributed by atoms with Crippen molar-refractivity contribution in [2.45, 2.75) is 26.7 Å². The molecule has 0 radical (unpaired) electrons. The van der Waals surface area contributed by atoms with E-state index in [9.17, 15) is 19.5 Å². The minimum atomic E-state index is -0.883. The number of carbonyl (C=O) groups excluding carboxylic acids is 2. The smallest absolute Gasteiger partial charge is 0.311 e. The van der Waals surface area contributed by atoms with Gasteiger partial charge in [0.2, 0.25) is 5.91 Å². The van der Waals surface area contributed by atoms with Gasteiger partial charge in [-0.1, -0.05) is 0 Å². The van der Waals surface area contributed by atoms with Crippen LogP contribution in [0.1, 0.15) is 36.4 Å². The second-order valence-electron chi connectivity index (χ2n) is 5.54. The van der Waals surface area contributed by atoms with Crippen molar-refractivity contribution in [2.75, 3.05) is 18.4 Å². The van der Waals surface area contributed by atoms with Crippen LogP contribution in [0.15, 0.2) is 12.1 Å². The summed E-state index contributed by atoms with van der Waals surface area (Å²) in [6.45, 7) is 3.86. The number of hydrogen-bond donors (Lipinski definition) is 2. The lowest BCUT2D eigenvalue weighted by molar-refractivity contribution is -0.150. The molecule has 114 valence electrons. The fourth-order valence-electron chi connectivity index (χ4n) is 2.44. The van der Waals surface area contributed by atoms with Crippen LogP contribution in [0.25, 0.3) is 0 Å². The van der Waals surface area contributed by atoms with Gasteiger partial charge in [-0.2, -0.15) is 0 Å². The molecule has 1 atom stereocenters. The maximum atomic E-state index is 12.4. The number of carboxylic acids is 1. The predicted molar refractivity (Wildman–Crippen MR) is 79.5 cm³/mol. The lowest BCUT2D eigenvalue weighted by atomic mass is 9.82. The fourth-order valence-corrected chi connectivity index (χ4v) is 3.36. The maximum absolute atomic E-state index is 12.4. The third kappa shape index (κ3) is 3.41. The second-order valence-corrected chi connectivity index (χ2v) is 6.62. The first-order valence-electron chi connectivity index (χ1n) is 6.72. The Balaban J connectivity index is 2.10. The molecule has 1 aromatic rings. The molecular weight excluding hydrogens is 292 g/mol. The van der Waals surface area contributed by atoms with E-state index in [0.29, 0.717) is 29.3 Å². The SMILES string of the molecule is CC(=O)Nc1ccc(C(=O)N2CCCC(C)(C(=O)O)C2)s1. The summed E-state index contributed by atoms with van der Waals surface area (Å²) in [6.07, 6.45) is 1.26. The van der Waals surface area contributed by atoms with Crippen LogP contribution in [-0.2, 0) is 9.59 Å². The molecule has 2 amide bonds. The van der Waals surface area contributed by atoms with Crippen molar-refractivity contribution in [2.24, 2.45) is 5.41 Å². The van der Waals surface area contributed by atoms with Crippen LogP contribution in [0, 0.1) is 5.41 Å². The molecule has 6 nitrogen and oxygen atoms in total. The summed E-state index contributed by atoms with van der Waals surface area (Å²) in [5.74, 6) is -1.24. The lowest BCUT2D eigenvalue weighted by Gasteiger charge is -2.37. The molecule has 7 heteroatoms. The molecule has 1 unspecified atom stereocenters. The Morgan fingerprint density at radius 3 is 2.71 bits per heavy atom. The van der Waals surface area contributed by atoms with Gasteiger partial charge < -0.3 is 15.3 Å². The van der Waals surface area contributed by atoms with Crippen LogP contribution < -0.4 is 5.32 Å². The topological polar surface area (TPSA) is 86.7 Å². The minimum Gasteiger partial charge on any atom is -0.481 e. The van der Waals surface area contributed by atoms with Crippen molar-refractivity contribution in [3.8, 4) is 0 Å². The van der Waals surface area contributed by atoms with Gasteiger partial charge in [0.05, 0.1) is 15.3 Å². The molecule has 0 spiro atoms. The zero-order valence-corrected chi connectivity index (χ0v) is 12.8. The highest BCUT2D eigenvalue weighted by Crippen LogP contribution is 2.32. The molecule has 2 heterocycles. The molecule has 0 aliphatic carbocycles. The molecule has 0 saturated carbocycles. The van der Waals surface area contributed by atoms with Gasteiger partial charge in [0, 0.05) is 20.0 Å². The first kappa shape index (κ1) is 15.5. The quantitative estimate of drug-likeness (QED) is 0.894. The van der Waals surface area contributed by atoms with Crippen molar-refractivity contribution in [3.63, 3.8) is 0 Å². The summed E-state index contributed by atoms with van der Waals surface area (Å²) in [5, 5.41) is 12.5. The van der Waals surface area contributed by atoms with Gasteiger partial charge in [-0.05, 0) is 31.9 Å². The van der Waals surface area contributed by atoms with Crippen LogP contribution in [0.2, 0.25) is 0 Å². The fraction of sp³-hybridized carbons (Fsp3) is 0.500. The molecule has 1 aliphatic heterocycles. The van der Waals surface area contributed by atoms with E-state index in [-0.39, 0.29) is 18.4 Å². The molecule has 1 saturated heterocycles. The minimum absolute atomic E-state index is 0.177. The number of hydrogen-bond acceptors (Lipinski definition) is 4. The van der Waals surface area contributed by atoms with E-state index in [0.717, 1.165) is 0 Å². The number of nitrogens with one attached hydrogen (secondary N) is 1. The predicted octanol–water partition coefficient (Wildman–Crippen LogP) is 2.03. The van der Waals surface area contributed by atoms with E-state index in [2.05, 4.69) is 5.32 Å². The highest BCUT2D eigenvalue weighted by molar-refractivity contribution is 7.18. The monoisotopic (exact) mass is 310 g/mol. The summed E-state index contributed by atoms with van der Waals surface area (Å²) in [4.78, 5) is 36.8. The Morgan fingerprint density at radius 2 is 2.10 bits per heavy atom. The molecule has 1 aromatic heterocycles. The van der Waals surface area contributed by atoms with E-state index < -0.39 is 11.4 Å². The first-order chi connectivity index (χ1) is 9.82. The van der Waals surface area contributed by atoms with Crippen molar-refractivity contribution >= 4 is 34.1 Å². The number of likely N-dealkylation sites (tertiary alicyclic amines) is 1. The van der Waals surface area contributed by atoms with Gasteiger partial charge in [-0.25, -0.2) is 0 Å². The van der Waals surface area contributed by atoms with Gasteiger partial charge in [0.15, 0.2) is 0 Å². The van der Waals surface area contributed by atoms with E-state index >= 15 is 0 Å². The van der Waals surface area contributed by atoms with E-state index in [1.807, 2.05) is 0 Å². The molecule has 0 aromatic carbocycles. The number of piperidine rings is 1. The van der Waals surface area contributed by atoms with E-state index in [1.165, 1.54) is 18.3 Å². The molecular formula is C14H18N2O4S. The Hall–Kier alpha value is -1.89. The largest absolute Gasteiger partial charge is 0.481 e. The normalized spacial score (nSPS) is 21.9.